The fourth-order valence-corrected chi connectivity index (χ4v) is 19.8. The molecule has 12 rings (SSSR count). The molecule has 1 N–H and O–H groups in total. The number of carbonyl (C=O) groups excluding carboxylic acids is 9. The Labute approximate surface area is 470 Å². The van der Waals surface area contributed by atoms with Crippen molar-refractivity contribution < 1.29 is 52.6 Å². The van der Waals surface area contributed by atoms with Gasteiger partial charge >= 0.3 is 11.9 Å². The molecule has 0 spiro atoms. The summed E-state index contributed by atoms with van der Waals surface area (Å²) in [6, 6.07) is 21.5. The summed E-state index contributed by atoms with van der Waals surface area (Å²) in [6.45, 7) is 12.8. The van der Waals surface area contributed by atoms with E-state index in [1.54, 1.807) is 36.4 Å². The lowest BCUT2D eigenvalue weighted by Gasteiger charge is -2.58. The number of rotatable bonds is 12. The van der Waals surface area contributed by atoms with E-state index in [9.17, 15) is 43.2 Å². The van der Waals surface area contributed by atoms with Crippen LogP contribution in [0.4, 0.5) is 5.69 Å². The molecule has 0 aromatic heterocycles. The monoisotopic (exact) mass is 1090 g/mol. The first kappa shape index (κ1) is 54.7. The predicted octanol–water partition coefficient (Wildman–Crippen LogP) is 11.8. The Kier molecular flexibility index (Phi) is 13.6. The van der Waals surface area contributed by atoms with Crippen LogP contribution in [0, 0.1) is 92.7 Å². The topological polar surface area (TPSA) is 184 Å². The molecule has 3 aromatic rings. The number of para-hydroxylation sites is 1. The lowest BCUT2D eigenvalue weighted by molar-refractivity contribution is -0.168. The second-order valence-corrected chi connectivity index (χ2v) is 27.7. The van der Waals surface area contributed by atoms with Gasteiger partial charge in [0.2, 0.25) is 5.91 Å². The molecule has 12 nitrogen and oxygen atoms in total. The summed E-state index contributed by atoms with van der Waals surface area (Å²) in [7, 11) is 0. The highest BCUT2D eigenvalue weighted by Gasteiger charge is 2.68. The molecule has 8 aliphatic carbocycles. The Bertz CT molecular complexity index is 2970. The third-order valence-corrected chi connectivity index (χ3v) is 24.3. The molecule has 12 heteroatoms. The third-order valence-electron chi connectivity index (χ3n) is 24.3. The maximum atomic E-state index is 14.7. The van der Waals surface area contributed by atoms with Gasteiger partial charge in [0, 0.05) is 98.1 Å². The van der Waals surface area contributed by atoms with E-state index in [0.717, 1.165) is 38.5 Å². The van der Waals surface area contributed by atoms with Crippen LogP contribution in [0.2, 0.25) is 0 Å². The summed E-state index contributed by atoms with van der Waals surface area (Å²) < 4.78 is 12.1. The predicted molar refractivity (Wildman–Crippen MR) is 298 cm³/mol. The zero-order valence-corrected chi connectivity index (χ0v) is 47.6. The first-order valence-electron chi connectivity index (χ1n) is 30.3. The summed E-state index contributed by atoms with van der Waals surface area (Å²) >= 11 is 0. The minimum atomic E-state index is -1.41. The van der Waals surface area contributed by atoms with Crippen LogP contribution < -0.4 is 14.8 Å². The van der Waals surface area contributed by atoms with Crippen molar-refractivity contribution in [1.29, 1.82) is 0 Å². The number of Topliss-reactive ketones (excluding diaryl/α,β-unsaturated/α-hetero) is 6. The lowest BCUT2D eigenvalue weighted by atomic mass is 9.44. The SMILES string of the molecule is C[C@H](CCC(=O)Oc1cccc(C2(c3cccc(OC(=O)CC[C@@H](C)[C@H]4CC[C@H]5[C@@H]6C(=O)C[C@@H]7CC(=O)CC[C@]7(C)[C@H]6CC(=O)[C@]45C)c3)C(=O)Nc3ccccc32)c1)[C@H]1CC[C@H]2[C@@H]3C(=O)C[C@@H]4CC(=O)CC[C@]4(C)[C@H]3CC(=O)[C@]12C. The van der Waals surface area contributed by atoms with E-state index in [2.05, 4.69) is 46.9 Å². The molecule has 80 heavy (non-hydrogen) atoms. The summed E-state index contributed by atoms with van der Waals surface area (Å²) in [5.74, 6) is 0.319. The third kappa shape index (κ3) is 8.33. The van der Waals surface area contributed by atoms with Gasteiger partial charge in [0.05, 0.1) is 0 Å². The molecule has 1 aliphatic heterocycles. The highest BCUT2D eigenvalue weighted by molar-refractivity contribution is 6.11. The molecule has 8 fully saturated rings. The highest BCUT2D eigenvalue weighted by Crippen LogP contribution is 2.68. The largest absolute Gasteiger partial charge is 0.427 e. The molecule has 0 unspecified atom stereocenters. The Morgan fingerprint density at radius 3 is 1.46 bits per heavy atom. The molecule has 8 saturated carbocycles. The number of hydrogen-bond donors (Lipinski definition) is 1. The van der Waals surface area contributed by atoms with E-state index in [0.29, 0.717) is 86.6 Å². The smallest absolute Gasteiger partial charge is 0.311 e. The Morgan fingerprint density at radius 2 is 1.00 bits per heavy atom. The number of amides is 1. The molecule has 422 valence electrons. The number of anilines is 1. The van der Waals surface area contributed by atoms with Gasteiger partial charge in [-0.2, -0.15) is 0 Å². The summed E-state index contributed by atoms with van der Waals surface area (Å²) in [5, 5.41) is 3.08. The van der Waals surface area contributed by atoms with Crippen molar-refractivity contribution >= 4 is 58.2 Å². The molecule has 1 heterocycles. The van der Waals surface area contributed by atoms with Crippen molar-refractivity contribution in [2.45, 2.75) is 163 Å². The fourth-order valence-electron chi connectivity index (χ4n) is 19.8. The van der Waals surface area contributed by atoms with Gasteiger partial charge < -0.3 is 14.8 Å². The Hall–Kier alpha value is -5.91. The first-order valence-corrected chi connectivity index (χ1v) is 30.3. The summed E-state index contributed by atoms with van der Waals surface area (Å²) in [5.41, 5.74) is -0.686. The standard InChI is InChI=1S/C68H79NO11/c1-37(47-19-21-50-61-52(35-57(74)66(47,50)5)64(3)27-25-43(70)29-41(64)33-55(61)72)17-23-59(76)79-45-13-9-11-39(31-45)68(49-15-7-8-16-54(49)69-63(68)78)40-12-10-14-46(32-40)80-60(77)24-18-38(2)48-20-22-51-62-53(36-58(75)67(48,51)6)65(4)28-26-44(71)30-42(65)34-56(62)73/h7-16,31-32,37-38,41-42,47-48,50-53,61-62H,17-30,33-36H2,1-6H3,(H,69,78)/t37-,38-,41+,42+,47-,48-,50+,51+,52+,53+,61+,62+,64+,65+,66-,67-/m1/s1. The zero-order chi connectivity index (χ0) is 56.4. The molecule has 16 atom stereocenters. The van der Waals surface area contributed by atoms with Crippen molar-refractivity contribution in [3.05, 3.63) is 89.5 Å². The van der Waals surface area contributed by atoms with Crippen LogP contribution in [0.1, 0.15) is 174 Å². The number of ether oxygens (including phenoxy) is 2. The van der Waals surface area contributed by atoms with Crippen LogP contribution in [0.3, 0.4) is 0 Å². The van der Waals surface area contributed by atoms with Crippen molar-refractivity contribution in [1.82, 2.24) is 0 Å². The van der Waals surface area contributed by atoms with Gasteiger partial charge in [-0.05, 0) is 163 Å². The van der Waals surface area contributed by atoms with Gasteiger partial charge in [-0.25, -0.2) is 0 Å². The normalized spacial score (nSPS) is 38.6. The number of ketones is 6. The lowest BCUT2D eigenvalue weighted by Crippen LogP contribution is -2.60. The number of fused-ring (bicyclic) bond motifs is 11. The molecule has 0 radical (unpaired) electrons. The molecular weight excluding hydrogens is 1010 g/mol. The average Bonchev–Trinajstić information content (AvgIpc) is 4.29. The Morgan fingerprint density at radius 1 is 0.550 bits per heavy atom. The molecule has 1 amide bonds. The maximum Gasteiger partial charge on any atom is 0.311 e. The van der Waals surface area contributed by atoms with Crippen molar-refractivity contribution in [3.8, 4) is 11.5 Å². The first-order chi connectivity index (χ1) is 38.1. The average molecular weight is 1090 g/mol. The van der Waals surface area contributed by atoms with Crippen LogP contribution in [0.5, 0.6) is 11.5 Å². The number of nitrogens with one attached hydrogen (secondary N) is 1. The van der Waals surface area contributed by atoms with E-state index in [1.165, 1.54) is 0 Å². The number of esters is 2. The minimum absolute atomic E-state index is 0.0124. The number of carbonyl (C=O) groups is 9. The van der Waals surface area contributed by atoms with E-state index in [1.807, 2.05) is 36.4 Å². The van der Waals surface area contributed by atoms with Crippen LogP contribution in [0.15, 0.2) is 72.8 Å². The molecule has 0 bridgehead atoms. The van der Waals surface area contributed by atoms with Crippen molar-refractivity contribution in [2.24, 2.45) is 92.7 Å². The fraction of sp³-hybridized carbons (Fsp3) is 0.603. The molecule has 3 aromatic carbocycles. The van der Waals surface area contributed by atoms with Gasteiger partial charge in [0.15, 0.2) is 0 Å². The van der Waals surface area contributed by atoms with Crippen LogP contribution in [-0.2, 0) is 48.6 Å². The van der Waals surface area contributed by atoms with Gasteiger partial charge in [-0.1, -0.05) is 84.0 Å². The quantitative estimate of drug-likeness (QED) is 0.134. The van der Waals surface area contributed by atoms with Gasteiger partial charge in [0.1, 0.15) is 51.6 Å². The van der Waals surface area contributed by atoms with E-state index in [4.69, 9.17) is 9.47 Å². The van der Waals surface area contributed by atoms with E-state index in [-0.39, 0.29) is 147 Å². The van der Waals surface area contributed by atoms with E-state index < -0.39 is 28.2 Å². The van der Waals surface area contributed by atoms with E-state index >= 15 is 0 Å². The molecular formula is C68H79NO11. The van der Waals surface area contributed by atoms with Crippen LogP contribution >= 0.6 is 0 Å². The van der Waals surface area contributed by atoms with Gasteiger partial charge in [-0.3, -0.25) is 43.2 Å². The molecule has 9 aliphatic rings. The van der Waals surface area contributed by atoms with Gasteiger partial charge in [0.25, 0.3) is 0 Å². The second kappa shape index (κ2) is 19.9. The van der Waals surface area contributed by atoms with Crippen molar-refractivity contribution in [2.75, 3.05) is 5.32 Å². The van der Waals surface area contributed by atoms with Crippen molar-refractivity contribution in [3.63, 3.8) is 0 Å². The maximum absolute atomic E-state index is 14.7. The van der Waals surface area contributed by atoms with Gasteiger partial charge in [-0.15, -0.1) is 0 Å². The van der Waals surface area contributed by atoms with Crippen LogP contribution in [0.25, 0.3) is 0 Å². The van der Waals surface area contributed by atoms with Crippen LogP contribution in [-0.4, -0.2) is 52.5 Å². The Balaban J connectivity index is 0.711. The minimum Gasteiger partial charge on any atom is -0.427 e. The molecule has 0 saturated heterocycles. The number of hydrogen-bond acceptors (Lipinski definition) is 11. The highest BCUT2D eigenvalue weighted by atomic mass is 16.5. The second-order valence-electron chi connectivity index (χ2n) is 27.7. The zero-order valence-electron chi connectivity index (χ0n) is 47.6. The summed E-state index contributed by atoms with van der Waals surface area (Å²) in [6.07, 6.45) is 9.45. The summed E-state index contributed by atoms with van der Waals surface area (Å²) in [4.78, 5) is 124. The number of benzene rings is 3.